The Hall–Kier alpha value is -0.130. The molecule has 104 valence electrons. The molecule has 0 aromatic heterocycles. The van der Waals surface area contributed by atoms with E-state index < -0.39 is 9.84 Å². The molecule has 0 spiro atoms. The van der Waals surface area contributed by atoms with Crippen molar-refractivity contribution in [3.05, 3.63) is 0 Å². The molecule has 0 atom stereocenters. The van der Waals surface area contributed by atoms with E-state index in [1.165, 1.54) is 0 Å². The van der Waals surface area contributed by atoms with Gasteiger partial charge >= 0.3 is 0 Å². The lowest BCUT2D eigenvalue weighted by atomic mass is 10.3. The molecule has 0 rings (SSSR count). The minimum atomic E-state index is -2.87. The van der Waals surface area contributed by atoms with E-state index in [0.29, 0.717) is 12.3 Å². The average Bonchev–Trinajstić information content (AvgIpc) is 2.20. The Bertz CT molecular complexity index is 263. The van der Waals surface area contributed by atoms with Crippen molar-refractivity contribution in [3.8, 4) is 0 Å². The van der Waals surface area contributed by atoms with Crippen molar-refractivity contribution < 1.29 is 13.2 Å². The molecule has 0 aliphatic heterocycles. The van der Waals surface area contributed by atoms with Crippen LogP contribution in [0.15, 0.2) is 0 Å². The van der Waals surface area contributed by atoms with Crippen molar-refractivity contribution in [2.75, 3.05) is 37.8 Å². The van der Waals surface area contributed by atoms with Gasteiger partial charge in [-0.1, -0.05) is 13.8 Å². The van der Waals surface area contributed by atoms with Crippen molar-refractivity contribution in [3.63, 3.8) is 0 Å². The van der Waals surface area contributed by atoms with Gasteiger partial charge in [-0.2, -0.15) is 0 Å². The van der Waals surface area contributed by atoms with Crippen LogP contribution >= 0.6 is 0 Å². The fraction of sp³-hybridized carbons (Fsp3) is 1.00. The molecule has 0 unspecified atom stereocenters. The van der Waals surface area contributed by atoms with Crippen LogP contribution in [0.4, 0.5) is 0 Å². The molecule has 0 fully saturated rings. The number of ether oxygens (including phenoxy) is 1. The van der Waals surface area contributed by atoms with Crippen molar-refractivity contribution in [2.45, 2.75) is 33.6 Å². The van der Waals surface area contributed by atoms with Gasteiger partial charge in [0.15, 0.2) is 9.84 Å². The summed E-state index contributed by atoms with van der Waals surface area (Å²) >= 11 is 0. The summed E-state index contributed by atoms with van der Waals surface area (Å²) in [6.45, 7) is 8.83. The average molecular weight is 265 g/mol. The van der Waals surface area contributed by atoms with Gasteiger partial charge in [0.25, 0.3) is 0 Å². The maximum absolute atomic E-state index is 11.6. The standard InChI is InChI=1S/C12H27NO3S/c1-4-16-9-6-5-7-13-8-10-17(14,15)11-12(2)3/h12-13H,4-11H2,1-3H3. The summed E-state index contributed by atoms with van der Waals surface area (Å²) in [6.07, 6.45) is 2.06. The topological polar surface area (TPSA) is 55.4 Å². The Balaban J connectivity index is 3.39. The highest BCUT2D eigenvalue weighted by atomic mass is 32.2. The van der Waals surface area contributed by atoms with E-state index in [-0.39, 0.29) is 11.7 Å². The molecule has 4 nitrogen and oxygen atoms in total. The van der Waals surface area contributed by atoms with Gasteiger partial charge in [0.2, 0.25) is 0 Å². The molecule has 0 aromatic carbocycles. The van der Waals surface area contributed by atoms with Crippen LogP contribution in [0.1, 0.15) is 33.6 Å². The fourth-order valence-electron chi connectivity index (χ4n) is 1.54. The van der Waals surface area contributed by atoms with Gasteiger partial charge in [0, 0.05) is 19.8 Å². The summed E-state index contributed by atoms with van der Waals surface area (Å²) < 4.78 is 28.3. The van der Waals surface area contributed by atoms with Crippen LogP contribution < -0.4 is 5.32 Å². The van der Waals surface area contributed by atoms with Crippen molar-refractivity contribution in [1.29, 1.82) is 0 Å². The Labute approximate surface area is 106 Å². The molecule has 0 bridgehead atoms. The van der Waals surface area contributed by atoms with Crippen LogP contribution in [0, 0.1) is 5.92 Å². The Morgan fingerprint density at radius 3 is 2.47 bits per heavy atom. The predicted molar refractivity (Wildman–Crippen MR) is 72.1 cm³/mol. The first-order valence-corrected chi connectivity index (χ1v) is 8.29. The van der Waals surface area contributed by atoms with Gasteiger partial charge in [0.1, 0.15) is 0 Å². The van der Waals surface area contributed by atoms with E-state index >= 15 is 0 Å². The molecule has 0 aliphatic carbocycles. The van der Waals surface area contributed by atoms with Gasteiger partial charge in [-0.25, -0.2) is 8.42 Å². The molecule has 0 saturated carbocycles. The van der Waals surface area contributed by atoms with E-state index in [4.69, 9.17) is 4.74 Å². The van der Waals surface area contributed by atoms with Crippen LogP contribution in [0.25, 0.3) is 0 Å². The number of nitrogens with one attached hydrogen (secondary N) is 1. The van der Waals surface area contributed by atoms with E-state index in [9.17, 15) is 8.42 Å². The van der Waals surface area contributed by atoms with Gasteiger partial charge in [-0.05, 0) is 32.2 Å². The highest BCUT2D eigenvalue weighted by molar-refractivity contribution is 7.91. The zero-order chi connectivity index (χ0) is 13.1. The highest BCUT2D eigenvalue weighted by Crippen LogP contribution is 1.99. The second-order valence-electron chi connectivity index (χ2n) is 4.66. The number of sulfone groups is 1. The van der Waals surface area contributed by atoms with Crippen LogP contribution in [-0.2, 0) is 14.6 Å². The molecule has 0 heterocycles. The first kappa shape index (κ1) is 16.9. The Morgan fingerprint density at radius 1 is 1.18 bits per heavy atom. The van der Waals surface area contributed by atoms with E-state index in [1.54, 1.807) is 0 Å². The molecule has 17 heavy (non-hydrogen) atoms. The normalized spacial score (nSPS) is 12.2. The smallest absolute Gasteiger partial charge is 0.151 e. The third-order valence-electron chi connectivity index (χ3n) is 2.27. The quantitative estimate of drug-likeness (QED) is 0.575. The van der Waals surface area contributed by atoms with Gasteiger partial charge in [0.05, 0.1) is 11.5 Å². The zero-order valence-corrected chi connectivity index (χ0v) is 12.2. The molecule has 5 heteroatoms. The first-order valence-electron chi connectivity index (χ1n) is 6.47. The van der Waals surface area contributed by atoms with Crippen LogP contribution in [0.3, 0.4) is 0 Å². The maximum Gasteiger partial charge on any atom is 0.151 e. The first-order chi connectivity index (χ1) is 7.98. The minimum absolute atomic E-state index is 0.214. The number of rotatable bonds is 11. The third kappa shape index (κ3) is 12.1. The van der Waals surface area contributed by atoms with E-state index in [0.717, 1.165) is 32.6 Å². The third-order valence-corrected chi connectivity index (χ3v) is 4.27. The lowest BCUT2D eigenvalue weighted by Gasteiger charge is -2.08. The van der Waals surface area contributed by atoms with Crippen LogP contribution in [0.5, 0.6) is 0 Å². The molecule has 0 aliphatic rings. The highest BCUT2D eigenvalue weighted by Gasteiger charge is 2.12. The van der Waals surface area contributed by atoms with Crippen LogP contribution in [-0.4, -0.2) is 46.2 Å². The SMILES string of the molecule is CCOCCCCNCCS(=O)(=O)CC(C)C. The predicted octanol–water partition coefficient (Wildman–Crippen LogP) is 1.46. The van der Waals surface area contributed by atoms with Crippen molar-refractivity contribution >= 4 is 9.84 Å². The molecule has 0 radical (unpaired) electrons. The summed E-state index contributed by atoms with van der Waals surface area (Å²) in [5, 5.41) is 3.16. The van der Waals surface area contributed by atoms with Gasteiger partial charge < -0.3 is 10.1 Å². The van der Waals surface area contributed by atoms with Crippen LogP contribution in [0.2, 0.25) is 0 Å². The summed E-state index contributed by atoms with van der Waals surface area (Å²) in [6, 6.07) is 0. The number of hydrogen-bond acceptors (Lipinski definition) is 4. The summed E-state index contributed by atoms with van der Waals surface area (Å²) in [5.41, 5.74) is 0. The molecule has 0 aromatic rings. The molecular formula is C12H27NO3S. The lowest BCUT2D eigenvalue weighted by molar-refractivity contribution is 0.143. The molecule has 1 N–H and O–H groups in total. The molecular weight excluding hydrogens is 238 g/mol. The van der Waals surface area contributed by atoms with Gasteiger partial charge in [-0.3, -0.25) is 0 Å². The maximum atomic E-state index is 11.6. The van der Waals surface area contributed by atoms with Crippen molar-refractivity contribution in [1.82, 2.24) is 5.32 Å². The molecule has 0 saturated heterocycles. The Morgan fingerprint density at radius 2 is 1.88 bits per heavy atom. The van der Waals surface area contributed by atoms with E-state index in [1.807, 2.05) is 20.8 Å². The fourth-order valence-corrected chi connectivity index (χ4v) is 3.18. The minimum Gasteiger partial charge on any atom is -0.382 e. The lowest BCUT2D eigenvalue weighted by Crippen LogP contribution is -2.26. The number of unbranched alkanes of at least 4 members (excludes halogenated alkanes) is 1. The summed E-state index contributed by atoms with van der Waals surface area (Å²) in [7, 11) is -2.87. The number of hydrogen-bond donors (Lipinski definition) is 1. The largest absolute Gasteiger partial charge is 0.382 e. The Kier molecular flexibility index (Phi) is 9.78. The second kappa shape index (κ2) is 9.85. The second-order valence-corrected chi connectivity index (χ2v) is 6.89. The van der Waals surface area contributed by atoms with Gasteiger partial charge in [-0.15, -0.1) is 0 Å². The summed E-state index contributed by atoms with van der Waals surface area (Å²) in [4.78, 5) is 0. The zero-order valence-electron chi connectivity index (χ0n) is 11.4. The summed E-state index contributed by atoms with van der Waals surface area (Å²) in [5.74, 6) is 0.751. The molecule has 0 amide bonds. The monoisotopic (exact) mass is 265 g/mol. The van der Waals surface area contributed by atoms with Crippen molar-refractivity contribution in [2.24, 2.45) is 5.92 Å². The van der Waals surface area contributed by atoms with E-state index in [2.05, 4.69) is 5.32 Å².